The monoisotopic (exact) mass is 625 g/mol. The summed E-state index contributed by atoms with van der Waals surface area (Å²) < 4.78 is 50.4. The molecule has 45 heavy (non-hydrogen) atoms. The predicted octanol–water partition coefficient (Wildman–Crippen LogP) is 7.84. The molecule has 1 unspecified atom stereocenters. The second-order valence-electron chi connectivity index (χ2n) is 12.4. The maximum absolute atomic E-state index is 14.3. The number of halogens is 3. The van der Waals surface area contributed by atoms with Crippen molar-refractivity contribution in [2.75, 3.05) is 0 Å². The van der Waals surface area contributed by atoms with Crippen LogP contribution in [-0.4, -0.2) is 36.8 Å². The number of fused-ring (bicyclic) bond motifs is 1. The van der Waals surface area contributed by atoms with Crippen molar-refractivity contribution in [2.24, 2.45) is 5.92 Å². The van der Waals surface area contributed by atoms with Crippen LogP contribution in [0.1, 0.15) is 106 Å². The first-order valence-corrected chi connectivity index (χ1v) is 15.6. The fraction of sp³-hybridized carbons (Fsp3) is 0.559. The van der Waals surface area contributed by atoms with E-state index in [1.54, 1.807) is 31.4 Å². The molecule has 1 aliphatic carbocycles. The molecular formula is C34H42F3N5O3. The molecule has 0 aliphatic heterocycles. The molecule has 1 fully saturated rings. The van der Waals surface area contributed by atoms with Crippen LogP contribution in [0.2, 0.25) is 0 Å². The van der Waals surface area contributed by atoms with Crippen molar-refractivity contribution in [1.82, 2.24) is 19.6 Å². The number of nitrogens with zero attached hydrogens (tertiary/aromatic N) is 5. The number of aliphatic hydroxyl groups excluding tert-OH is 1. The number of alkyl halides is 3. The molecule has 0 amide bonds. The maximum atomic E-state index is 14.3. The molecular weight excluding hydrogens is 583 g/mol. The van der Waals surface area contributed by atoms with Crippen molar-refractivity contribution in [3.05, 3.63) is 69.5 Å². The lowest BCUT2D eigenvalue weighted by Crippen LogP contribution is -2.41. The van der Waals surface area contributed by atoms with E-state index < -0.39 is 22.8 Å². The van der Waals surface area contributed by atoms with Crippen molar-refractivity contribution in [2.45, 2.75) is 116 Å². The summed E-state index contributed by atoms with van der Waals surface area (Å²) >= 11 is 0. The largest absolute Gasteiger partial charge is 0.512 e. The highest BCUT2D eigenvalue weighted by Crippen LogP contribution is 2.45. The lowest BCUT2D eigenvalue weighted by Gasteiger charge is -2.38. The molecule has 0 spiro atoms. The summed E-state index contributed by atoms with van der Waals surface area (Å²) in [6, 6.07) is 8.21. The number of nitriles is 1. The average molecular weight is 626 g/mol. The zero-order valence-corrected chi connectivity index (χ0v) is 26.7. The molecule has 1 N–H and O–H groups in total. The van der Waals surface area contributed by atoms with Gasteiger partial charge in [0.1, 0.15) is 5.60 Å². The van der Waals surface area contributed by atoms with Crippen LogP contribution >= 0.6 is 0 Å². The van der Waals surface area contributed by atoms with E-state index in [2.05, 4.69) is 21.1 Å². The number of aromatic nitrogens is 4. The molecule has 4 rings (SSSR count). The summed E-state index contributed by atoms with van der Waals surface area (Å²) in [6.45, 7) is 9.38. The van der Waals surface area contributed by atoms with Gasteiger partial charge in [-0.2, -0.15) is 23.4 Å². The predicted molar refractivity (Wildman–Crippen MR) is 163 cm³/mol. The Morgan fingerprint density at radius 2 is 1.82 bits per heavy atom. The number of carbonyl (C=O) groups excluding carboxylic acids is 1. The van der Waals surface area contributed by atoms with Gasteiger partial charge in [-0.1, -0.05) is 38.8 Å². The molecule has 8 nitrogen and oxygen atoms in total. The normalized spacial score (nSPS) is 16.3. The summed E-state index contributed by atoms with van der Waals surface area (Å²) in [6.07, 6.45) is -0.000827. The van der Waals surface area contributed by atoms with Gasteiger partial charge >= 0.3 is 6.18 Å². The molecule has 3 aromatic rings. The molecule has 11 heteroatoms. The van der Waals surface area contributed by atoms with Crippen molar-refractivity contribution >= 4 is 12.2 Å². The van der Waals surface area contributed by atoms with Crippen molar-refractivity contribution in [3.8, 4) is 6.07 Å². The minimum atomic E-state index is -4.64. The van der Waals surface area contributed by atoms with E-state index in [0.29, 0.717) is 29.2 Å². The van der Waals surface area contributed by atoms with Gasteiger partial charge in [-0.3, -0.25) is 4.79 Å². The summed E-state index contributed by atoms with van der Waals surface area (Å²) in [5.41, 5.74) is -0.450. The zero-order chi connectivity index (χ0) is 33.0. The minimum absolute atomic E-state index is 0.0187. The number of carbonyl (C=O) groups is 1. The van der Waals surface area contributed by atoms with Crippen molar-refractivity contribution < 1.29 is 27.8 Å². The van der Waals surface area contributed by atoms with Crippen LogP contribution in [0.25, 0.3) is 5.78 Å². The lowest BCUT2D eigenvalue weighted by molar-refractivity contribution is -0.152. The van der Waals surface area contributed by atoms with Gasteiger partial charge in [0.25, 0.3) is 12.2 Å². The summed E-state index contributed by atoms with van der Waals surface area (Å²) in [5, 5.41) is 25.7. The van der Waals surface area contributed by atoms with Crippen LogP contribution in [0.5, 0.6) is 0 Å². The number of benzene rings is 1. The summed E-state index contributed by atoms with van der Waals surface area (Å²) in [5.74, 6) is 0.928. The molecule has 0 saturated heterocycles. The van der Waals surface area contributed by atoms with Gasteiger partial charge in [0.15, 0.2) is 5.82 Å². The van der Waals surface area contributed by atoms with E-state index >= 15 is 0 Å². The fourth-order valence-electron chi connectivity index (χ4n) is 6.84. The van der Waals surface area contributed by atoms with E-state index in [1.807, 2.05) is 19.9 Å². The quantitative estimate of drug-likeness (QED) is 0.152. The van der Waals surface area contributed by atoms with Gasteiger partial charge in [0, 0.05) is 24.2 Å². The molecule has 1 aliphatic rings. The molecule has 2 aromatic heterocycles. The highest BCUT2D eigenvalue weighted by Gasteiger charge is 2.44. The number of rotatable bonds is 13. The van der Waals surface area contributed by atoms with Crippen molar-refractivity contribution in [1.29, 1.82) is 5.26 Å². The number of aryl methyl sites for hydroxylation is 3. The number of aliphatic hydroxyl groups is 1. The van der Waals surface area contributed by atoms with Gasteiger partial charge in [0.2, 0.25) is 0 Å². The Morgan fingerprint density at radius 3 is 2.42 bits per heavy atom. The minimum Gasteiger partial charge on any atom is -0.512 e. The highest BCUT2D eigenvalue weighted by atomic mass is 19.4. The number of hydrogen-bond acceptors (Lipinski definition) is 7. The maximum Gasteiger partial charge on any atom is 0.416 e. The third kappa shape index (κ3) is 7.15. The Bertz CT molecular complexity index is 1600. The second kappa shape index (κ2) is 13.6. The molecule has 242 valence electrons. The van der Waals surface area contributed by atoms with E-state index in [9.17, 15) is 28.3 Å². The van der Waals surface area contributed by atoms with Crippen LogP contribution < -0.4 is 0 Å². The van der Waals surface area contributed by atoms with Crippen LogP contribution in [0.15, 0.2) is 35.6 Å². The summed E-state index contributed by atoms with van der Waals surface area (Å²) in [7, 11) is 0. The van der Waals surface area contributed by atoms with Gasteiger partial charge in [-0.15, -0.1) is 5.10 Å². The Morgan fingerprint density at radius 1 is 1.13 bits per heavy atom. The Balaban J connectivity index is 1.65. The van der Waals surface area contributed by atoms with Crippen LogP contribution in [-0.2, 0) is 34.0 Å². The van der Waals surface area contributed by atoms with Gasteiger partial charge in [0.05, 0.1) is 22.8 Å². The van der Waals surface area contributed by atoms with E-state index in [0.717, 1.165) is 43.1 Å². The number of allylic oxidation sites excluding steroid dienone is 1. The first kappa shape index (κ1) is 33.9. The fourth-order valence-corrected chi connectivity index (χ4v) is 6.84. The van der Waals surface area contributed by atoms with Gasteiger partial charge in [-0.25, -0.2) is 9.50 Å². The molecule has 0 radical (unpaired) electrons. The van der Waals surface area contributed by atoms with Gasteiger partial charge in [-0.05, 0) is 94.0 Å². The SMILES string of the molecule is CCC(C#N)(CC)c1ccc(CCC(C/C(O)=C(\C)Cc2nc3nc(C)cc(C)n3n2)(OC=O)C2CCCC2)cc1C(F)(F)F. The zero-order valence-electron chi connectivity index (χ0n) is 26.7. The van der Waals surface area contributed by atoms with E-state index in [4.69, 9.17) is 4.74 Å². The first-order valence-electron chi connectivity index (χ1n) is 15.6. The van der Waals surface area contributed by atoms with Gasteiger partial charge < -0.3 is 9.84 Å². The van der Waals surface area contributed by atoms with E-state index in [-0.39, 0.29) is 55.8 Å². The number of ether oxygens (including phenoxy) is 1. The molecule has 1 saturated carbocycles. The number of hydrogen-bond donors (Lipinski definition) is 1. The average Bonchev–Trinajstić information content (AvgIpc) is 3.68. The third-order valence-electron chi connectivity index (χ3n) is 9.59. The Hall–Kier alpha value is -3.94. The Kier molecular flexibility index (Phi) is 10.3. The first-order chi connectivity index (χ1) is 21.3. The Labute approximate surface area is 262 Å². The van der Waals surface area contributed by atoms with Crippen LogP contribution in [0.4, 0.5) is 13.2 Å². The van der Waals surface area contributed by atoms with Crippen LogP contribution in [0, 0.1) is 31.1 Å². The third-order valence-corrected chi connectivity index (χ3v) is 9.59. The van der Waals surface area contributed by atoms with Crippen LogP contribution in [0.3, 0.4) is 0 Å². The second-order valence-corrected chi connectivity index (χ2v) is 12.4. The molecule has 1 atom stereocenters. The van der Waals surface area contributed by atoms with Crippen molar-refractivity contribution in [3.63, 3.8) is 0 Å². The topological polar surface area (TPSA) is 113 Å². The molecule has 0 bridgehead atoms. The smallest absolute Gasteiger partial charge is 0.416 e. The standard InChI is InChI=1S/C34H42F3N5O3/c1-6-32(7-2,20-38)27-13-12-25(18-28(27)34(35,36)37)14-15-33(45-21-43,26-10-8-9-11-26)19-29(44)22(3)16-30-40-31-39-23(4)17-24(5)42(31)41-30/h12-13,17-18,21,26,44H,6-11,14-16,19H2,1-5H3/b29-22-. The molecule has 2 heterocycles. The highest BCUT2D eigenvalue weighted by molar-refractivity contribution is 5.44. The summed E-state index contributed by atoms with van der Waals surface area (Å²) in [4.78, 5) is 20.8. The lowest BCUT2D eigenvalue weighted by atomic mass is 9.74. The van der Waals surface area contributed by atoms with E-state index in [1.165, 1.54) is 6.07 Å². The molecule has 1 aromatic carbocycles.